The van der Waals surface area contributed by atoms with Gasteiger partial charge in [-0.3, -0.25) is 9.59 Å². The summed E-state index contributed by atoms with van der Waals surface area (Å²) in [5.74, 6) is -4.31. The van der Waals surface area contributed by atoms with Crippen molar-refractivity contribution < 1.29 is 34.8 Å². The van der Waals surface area contributed by atoms with Gasteiger partial charge in [0.15, 0.2) is 0 Å². The van der Waals surface area contributed by atoms with Gasteiger partial charge in [-0.05, 0) is 36.4 Å². The predicted molar refractivity (Wildman–Crippen MR) is 99.3 cm³/mol. The average molecular weight is 401 g/mol. The molecule has 0 atom stereocenters. The van der Waals surface area contributed by atoms with Gasteiger partial charge in [-0.15, -0.1) is 12.4 Å². The molecular formula is C16H21ClF2N4O3. The van der Waals surface area contributed by atoms with Crippen LogP contribution < -0.4 is 22.1 Å². The fourth-order valence-electron chi connectivity index (χ4n) is 1.45. The van der Waals surface area contributed by atoms with Gasteiger partial charge < -0.3 is 27.6 Å². The summed E-state index contributed by atoms with van der Waals surface area (Å²) >= 11 is 0. The van der Waals surface area contributed by atoms with E-state index in [0.717, 1.165) is 18.2 Å². The Labute approximate surface area is 169 Å². The molecular weight excluding hydrogens is 370 g/mol. The first-order valence-corrected chi connectivity index (χ1v) is 6.18. The molecule has 0 saturated carbocycles. The molecule has 0 fully saturated rings. The highest BCUT2D eigenvalue weighted by atomic mass is 35.5. The summed E-state index contributed by atoms with van der Waals surface area (Å²) in [6.45, 7) is -5.40. The number of carbonyl (C=O) groups excluding carboxylic acids is 2. The summed E-state index contributed by atoms with van der Waals surface area (Å²) < 4.78 is 92.6. The van der Waals surface area contributed by atoms with Crippen molar-refractivity contribution in [3.05, 3.63) is 59.1 Å². The molecule has 7 nitrogen and oxygen atoms in total. The Balaban J connectivity index is 0. The van der Waals surface area contributed by atoms with Crippen LogP contribution >= 0.6 is 12.4 Å². The fourth-order valence-corrected chi connectivity index (χ4v) is 1.45. The number of nitrogen functional groups attached to an aromatic ring is 2. The van der Waals surface area contributed by atoms with Crippen molar-refractivity contribution >= 4 is 35.6 Å². The van der Waals surface area contributed by atoms with Crippen LogP contribution in [0.15, 0.2) is 36.4 Å². The van der Waals surface area contributed by atoms with E-state index in [1.165, 1.54) is 6.07 Å². The van der Waals surface area contributed by atoms with Gasteiger partial charge in [-0.25, -0.2) is 8.78 Å². The second-order valence-corrected chi connectivity index (χ2v) is 4.20. The average Bonchev–Trinajstić information content (AvgIpc) is 2.67. The molecule has 2 amide bonds. The molecule has 0 spiro atoms. The number of amides is 2. The summed E-state index contributed by atoms with van der Waals surface area (Å²) in [7, 11) is 0. The van der Waals surface area contributed by atoms with Gasteiger partial charge >= 0.3 is 0 Å². The Hall–Kier alpha value is -2.91. The maximum Gasteiger partial charge on any atom is 0.253 e. The summed E-state index contributed by atoms with van der Waals surface area (Å²) in [5, 5.41) is 3.24. The topological polar surface area (TPSA) is 142 Å². The highest BCUT2D eigenvalue weighted by Gasteiger charge is 2.09. The molecule has 0 aromatic heterocycles. The second-order valence-electron chi connectivity index (χ2n) is 4.20. The van der Waals surface area contributed by atoms with Crippen molar-refractivity contribution in [1.29, 1.82) is 2.86 Å². The lowest BCUT2D eigenvalue weighted by Crippen LogP contribution is -2.19. The number of hydrogen-bond donors (Lipinski definition) is 4. The number of hydrogen-bond acceptors (Lipinski definition) is 4. The Morgan fingerprint density at radius 2 is 1.62 bits per heavy atom. The van der Waals surface area contributed by atoms with Gasteiger partial charge in [0, 0.05) is 33.6 Å². The van der Waals surface area contributed by atoms with Crippen LogP contribution in [0.25, 0.3) is 0 Å². The van der Waals surface area contributed by atoms with Crippen molar-refractivity contribution in [2.24, 2.45) is 0 Å². The lowest BCUT2D eigenvalue weighted by Gasteiger charge is -2.01. The standard InChI is InChI=1S/2C8H9FN2O.ClH.H2O/c2*1-11-8(12)6-3-2-5(10)4-7(6)9;;/h2*2-4H,10H2,1H3,(H,11,12);1H;1H2/i1D3,2D,4D;1D3;;/hD2. The third kappa shape index (κ3) is 6.91. The first kappa shape index (κ1) is 11.7. The van der Waals surface area contributed by atoms with E-state index in [4.69, 9.17) is 25.3 Å². The predicted octanol–water partition coefficient (Wildman–Crippen LogP) is 1.13. The number of nitrogens with one attached hydrogen (secondary N) is 2. The number of rotatable bonds is 2. The SMILES string of the molecule is Cl.[2H]C([2H])([2H])NC(=O)c1ccc(N)cc1F.[2H]O[2H].[2H]c1cc(C(=O)NC([2H])([2H])[2H])c(F)c([2H])c1N. The maximum atomic E-state index is 13.5. The van der Waals surface area contributed by atoms with E-state index in [9.17, 15) is 18.4 Å². The highest BCUT2D eigenvalue weighted by Crippen LogP contribution is 2.11. The third-order valence-electron chi connectivity index (χ3n) is 2.56. The van der Waals surface area contributed by atoms with Gasteiger partial charge in [0.25, 0.3) is 11.8 Å². The molecule has 0 radical (unpaired) electrons. The number of nitrogens with two attached hydrogens (primary N) is 2. The molecule has 10 heteroatoms. The van der Waals surface area contributed by atoms with Crippen molar-refractivity contribution in [3.63, 3.8) is 0 Å². The normalized spacial score (nSPS) is 15.0. The van der Waals surface area contributed by atoms with E-state index < -0.39 is 60.7 Å². The Kier molecular flexibility index (Phi) is 5.21. The summed E-state index contributed by atoms with van der Waals surface area (Å²) in [6.07, 6.45) is 0. The van der Waals surface area contributed by atoms with E-state index in [1.54, 1.807) is 10.6 Å². The van der Waals surface area contributed by atoms with Crippen LogP contribution in [-0.2, 0) is 0 Å². The lowest BCUT2D eigenvalue weighted by atomic mass is 10.2. The van der Waals surface area contributed by atoms with Crippen molar-refractivity contribution in [2.75, 3.05) is 25.4 Å². The molecule has 144 valence electrons. The second kappa shape index (κ2) is 11.6. The van der Waals surface area contributed by atoms with Crippen LogP contribution in [0.2, 0.25) is 0 Å². The van der Waals surface area contributed by atoms with Crippen LogP contribution in [0.4, 0.5) is 20.2 Å². The first-order chi connectivity index (χ1) is 15.8. The number of carbonyl (C=O) groups is 2. The molecule has 0 heterocycles. The molecule has 2 aromatic rings. The van der Waals surface area contributed by atoms with Gasteiger partial charge in [-0.1, -0.05) is 0 Å². The smallest absolute Gasteiger partial charge is 0.253 e. The number of halogens is 3. The number of anilines is 2. The summed E-state index contributed by atoms with van der Waals surface area (Å²) in [6, 6.07) is 2.97. The minimum Gasteiger partial charge on any atom is -0.412 e. The van der Waals surface area contributed by atoms with Gasteiger partial charge in [0.05, 0.1) is 13.9 Å². The minimum absolute atomic E-state index is 0. The van der Waals surface area contributed by atoms with Crippen LogP contribution in [0.5, 0.6) is 0 Å². The van der Waals surface area contributed by atoms with Crippen LogP contribution in [0.3, 0.4) is 0 Å². The van der Waals surface area contributed by atoms with Gasteiger partial charge in [0.2, 0.25) is 2.86 Å². The van der Waals surface area contributed by atoms with Crippen LogP contribution in [-0.4, -0.2) is 34.1 Å². The van der Waals surface area contributed by atoms with Crippen molar-refractivity contribution in [3.8, 4) is 0 Å². The molecule has 0 saturated heterocycles. The Morgan fingerprint density at radius 3 is 2.12 bits per heavy atom. The molecule has 0 aliphatic carbocycles. The molecule has 0 aliphatic rings. The van der Waals surface area contributed by atoms with Gasteiger partial charge in [0.1, 0.15) is 11.6 Å². The van der Waals surface area contributed by atoms with E-state index in [-0.39, 0.29) is 23.7 Å². The molecule has 0 bridgehead atoms. The van der Waals surface area contributed by atoms with E-state index in [2.05, 4.69) is 5.48 Å². The van der Waals surface area contributed by atoms with Crippen molar-refractivity contribution in [2.45, 2.75) is 0 Å². The molecule has 2 rings (SSSR count). The van der Waals surface area contributed by atoms with E-state index >= 15 is 0 Å². The first-order valence-electron chi connectivity index (χ1n) is 11.0. The summed E-state index contributed by atoms with van der Waals surface area (Å²) in [5.41, 5.74) is 12.0. The van der Waals surface area contributed by atoms with Gasteiger partial charge in [-0.2, -0.15) is 0 Å². The maximum absolute atomic E-state index is 13.5. The van der Waals surface area contributed by atoms with E-state index in [0.29, 0.717) is 0 Å². The van der Waals surface area contributed by atoms with Crippen LogP contribution in [0.1, 0.15) is 31.7 Å². The van der Waals surface area contributed by atoms with Crippen LogP contribution in [0, 0.1) is 11.6 Å². The number of benzene rings is 2. The quantitative estimate of drug-likeness (QED) is 0.560. The molecule has 26 heavy (non-hydrogen) atoms. The third-order valence-corrected chi connectivity index (χ3v) is 2.56. The zero-order valence-corrected chi connectivity index (χ0v) is 13.7. The highest BCUT2D eigenvalue weighted by molar-refractivity contribution is 5.95. The minimum atomic E-state index is -2.77. The monoisotopic (exact) mass is 400 g/mol. The Bertz CT molecular complexity index is 1060. The Morgan fingerprint density at radius 1 is 1.08 bits per heavy atom. The zero-order chi connectivity index (χ0) is 27.7. The molecule has 2 aromatic carbocycles. The molecule has 0 aliphatic heterocycles. The lowest BCUT2D eigenvalue weighted by molar-refractivity contribution is 0.0950. The fraction of sp³-hybridized carbons (Fsp3) is 0.125. The summed E-state index contributed by atoms with van der Waals surface area (Å²) in [4.78, 5) is 22.6. The van der Waals surface area contributed by atoms with E-state index in [1.807, 2.05) is 0 Å². The molecule has 0 unspecified atom stereocenters. The zero-order valence-electron chi connectivity index (χ0n) is 22.9. The van der Waals surface area contributed by atoms with Crippen molar-refractivity contribution in [1.82, 2.24) is 10.6 Å². The largest absolute Gasteiger partial charge is 0.412 e. The molecule has 8 N–H and O–H groups in total.